The van der Waals surface area contributed by atoms with Crippen LogP contribution in [0, 0.1) is 28.5 Å². The summed E-state index contributed by atoms with van der Waals surface area (Å²) in [7, 11) is 0. The van der Waals surface area contributed by atoms with Crippen LogP contribution < -0.4 is 5.32 Å². The number of β-amino-alcohol motifs (C(OH)–C–C–N with tert-alkyl or cyclic N) is 1. The highest BCUT2D eigenvalue weighted by atomic mass is 19.1. The summed E-state index contributed by atoms with van der Waals surface area (Å²) in [6, 6.07) is 5.54. The number of carbonyl (C=O) groups is 2. The van der Waals surface area contributed by atoms with E-state index in [-0.39, 0.29) is 36.5 Å². The number of likely N-dealkylation sites (tertiary alicyclic amines) is 1. The van der Waals surface area contributed by atoms with Crippen molar-refractivity contribution in [3.8, 4) is 0 Å². The molecule has 3 fully saturated rings. The fourth-order valence-electron chi connectivity index (χ4n) is 6.91. The third-order valence-electron chi connectivity index (χ3n) is 8.91. The van der Waals surface area contributed by atoms with Crippen LogP contribution in [0.3, 0.4) is 0 Å². The summed E-state index contributed by atoms with van der Waals surface area (Å²) in [5.41, 5.74) is -0.910. The lowest BCUT2D eigenvalue weighted by Crippen LogP contribution is -2.61. The van der Waals surface area contributed by atoms with Gasteiger partial charge in [0.2, 0.25) is 5.91 Å². The van der Waals surface area contributed by atoms with E-state index in [9.17, 15) is 29.3 Å². The van der Waals surface area contributed by atoms with E-state index in [4.69, 9.17) is 4.74 Å². The average Bonchev–Trinajstić information content (AvgIpc) is 3.24. The minimum Gasteiger partial charge on any atom is -0.445 e. The first-order chi connectivity index (χ1) is 16.6. The smallest absolute Gasteiger partial charge is 0.411 e. The summed E-state index contributed by atoms with van der Waals surface area (Å²) >= 11 is 0. The van der Waals surface area contributed by atoms with Crippen LogP contribution in [-0.4, -0.2) is 70.2 Å². The van der Waals surface area contributed by atoms with Gasteiger partial charge < -0.3 is 25.0 Å². The molecule has 1 aliphatic heterocycles. The second-order valence-corrected chi connectivity index (χ2v) is 11.0. The van der Waals surface area contributed by atoms with Crippen molar-refractivity contribution in [2.45, 2.75) is 70.7 Å². The number of benzene rings is 1. The molecule has 9 heteroatoms. The molecule has 2 amide bonds. The molecular formula is C26H37FN2O6. The van der Waals surface area contributed by atoms with Crippen molar-refractivity contribution in [1.82, 2.24) is 4.90 Å². The minimum absolute atomic E-state index is 0.0639. The molecule has 7 atom stereocenters. The first kappa shape index (κ1) is 25.9. The van der Waals surface area contributed by atoms with E-state index in [0.717, 1.165) is 0 Å². The van der Waals surface area contributed by atoms with Gasteiger partial charge in [0.05, 0.1) is 18.8 Å². The van der Waals surface area contributed by atoms with E-state index in [1.807, 2.05) is 6.92 Å². The van der Waals surface area contributed by atoms with Gasteiger partial charge in [-0.2, -0.15) is 0 Å². The van der Waals surface area contributed by atoms with Crippen LogP contribution in [0.5, 0.6) is 0 Å². The molecule has 1 saturated heterocycles. The number of nitrogens with zero attached hydrogens (tertiary/aromatic N) is 1. The molecule has 1 heterocycles. The Labute approximate surface area is 205 Å². The number of halogens is 1. The quantitative estimate of drug-likeness (QED) is 0.502. The van der Waals surface area contributed by atoms with Gasteiger partial charge in [-0.05, 0) is 67.6 Å². The van der Waals surface area contributed by atoms with Crippen molar-refractivity contribution in [1.29, 1.82) is 0 Å². The van der Waals surface area contributed by atoms with Crippen LogP contribution >= 0.6 is 0 Å². The van der Waals surface area contributed by atoms with Gasteiger partial charge in [-0.25, -0.2) is 9.18 Å². The fourth-order valence-corrected chi connectivity index (χ4v) is 6.91. The third-order valence-corrected chi connectivity index (χ3v) is 8.91. The maximum Gasteiger partial charge on any atom is 0.411 e. The lowest BCUT2D eigenvalue weighted by Gasteiger charge is -2.60. The Balaban J connectivity index is 1.49. The molecule has 8 nitrogen and oxygen atoms in total. The first-order valence-electron chi connectivity index (χ1n) is 12.5. The molecule has 0 bridgehead atoms. The molecule has 0 radical (unpaired) electrons. The van der Waals surface area contributed by atoms with Gasteiger partial charge in [-0.1, -0.05) is 19.9 Å². The van der Waals surface area contributed by atoms with Gasteiger partial charge in [0, 0.05) is 30.6 Å². The molecule has 194 valence electrons. The van der Waals surface area contributed by atoms with Crippen molar-refractivity contribution in [2.24, 2.45) is 22.7 Å². The fraction of sp³-hybridized carbons (Fsp3) is 0.692. The number of carbonyl (C=O) groups excluding carboxylic acids is 2. The SMILES string of the molecule is C[C@]1(CO)[C@@H]2CC[C@@H](O)[C@@H](CC(=O)N3CC[C@@H](O)C3)[C@]2(C)CC[C@H]1OC(=O)Nc1cccc(F)c1. The Kier molecular flexibility index (Phi) is 7.41. The zero-order chi connectivity index (χ0) is 25.4. The number of ether oxygens (including phenoxy) is 1. The number of amides is 2. The Hall–Kier alpha value is -2.23. The summed E-state index contributed by atoms with van der Waals surface area (Å²) in [5.74, 6) is -0.905. The van der Waals surface area contributed by atoms with Crippen molar-refractivity contribution in [3.63, 3.8) is 0 Å². The van der Waals surface area contributed by atoms with Crippen molar-refractivity contribution in [2.75, 3.05) is 25.0 Å². The molecule has 1 aromatic rings. The number of nitrogens with one attached hydrogen (secondary N) is 1. The maximum atomic E-state index is 13.5. The Bertz CT molecular complexity index is 946. The van der Waals surface area contributed by atoms with Crippen molar-refractivity contribution < 1.29 is 34.0 Å². The number of fused-ring (bicyclic) bond motifs is 1. The zero-order valence-corrected chi connectivity index (χ0v) is 20.5. The van der Waals surface area contributed by atoms with Gasteiger partial charge in [-0.15, -0.1) is 0 Å². The van der Waals surface area contributed by atoms with E-state index >= 15 is 0 Å². The zero-order valence-electron chi connectivity index (χ0n) is 20.5. The summed E-state index contributed by atoms with van der Waals surface area (Å²) < 4.78 is 19.2. The largest absolute Gasteiger partial charge is 0.445 e. The molecule has 35 heavy (non-hydrogen) atoms. The van der Waals surface area contributed by atoms with Gasteiger partial charge in [-0.3, -0.25) is 10.1 Å². The van der Waals surface area contributed by atoms with Gasteiger partial charge in [0.1, 0.15) is 11.9 Å². The summed E-state index contributed by atoms with van der Waals surface area (Å²) in [6.45, 7) is 4.62. The second-order valence-electron chi connectivity index (χ2n) is 11.0. The van der Waals surface area contributed by atoms with Crippen LogP contribution in [-0.2, 0) is 9.53 Å². The molecule has 0 spiro atoms. The van der Waals surface area contributed by atoms with Crippen LogP contribution in [0.1, 0.15) is 52.4 Å². The standard InChI is InChI=1S/C26H37FN2O6/c1-25-10-8-22(35-24(34)28-17-5-3-4-16(27)12-17)26(2,15-30)21(25)7-6-20(32)19(25)13-23(33)29-11-9-18(31)14-29/h3-5,12,18-22,30-32H,6-11,13-15H2,1-2H3,(H,28,34)/t18-,19-,20-,21-,22-,25+,26+/m1/s1. The number of hydrogen-bond donors (Lipinski definition) is 4. The number of rotatable bonds is 5. The van der Waals surface area contributed by atoms with E-state index < -0.39 is 41.1 Å². The van der Waals surface area contributed by atoms with Gasteiger partial charge in [0.25, 0.3) is 0 Å². The second kappa shape index (κ2) is 10.0. The molecule has 3 aliphatic rings. The molecule has 4 N–H and O–H groups in total. The highest BCUT2D eigenvalue weighted by Gasteiger charge is 2.60. The molecule has 2 aliphatic carbocycles. The Morgan fingerprint density at radius 1 is 1.20 bits per heavy atom. The maximum absolute atomic E-state index is 13.5. The lowest BCUT2D eigenvalue weighted by molar-refractivity contribution is -0.186. The van der Waals surface area contributed by atoms with E-state index in [1.165, 1.54) is 18.2 Å². The highest BCUT2D eigenvalue weighted by molar-refractivity contribution is 5.84. The van der Waals surface area contributed by atoms with E-state index in [1.54, 1.807) is 11.0 Å². The first-order valence-corrected chi connectivity index (χ1v) is 12.5. The topological polar surface area (TPSA) is 119 Å². The monoisotopic (exact) mass is 492 g/mol. The van der Waals surface area contributed by atoms with Crippen molar-refractivity contribution >= 4 is 17.7 Å². The van der Waals surface area contributed by atoms with Crippen LogP contribution in [0.2, 0.25) is 0 Å². The predicted molar refractivity (Wildman–Crippen MR) is 127 cm³/mol. The molecule has 2 saturated carbocycles. The lowest BCUT2D eigenvalue weighted by atomic mass is 9.46. The van der Waals surface area contributed by atoms with E-state index in [2.05, 4.69) is 12.2 Å². The van der Waals surface area contributed by atoms with Gasteiger partial charge >= 0.3 is 6.09 Å². The van der Waals surface area contributed by atoms with Crippen molar-refractivity contribution in [3.05, 3.63) is 30.1 Å². The van der Waals surface area contributed by atoms with Crippen LogP contribution in [0.25, 0.3) is 0 Å². The van der Waals surface area contributed by atoms with Crippen LogP contribution in [0.15, 0.2) is 24.3 Å². The number of aliphatic hydroxyl groups is 3. The molecule has 0 aromatic heterocycles. The summed E-state index contributed by atoms with van der Waals surface area (Å²) in [4.78, 5) is 27.3. The Morgan fingerprint density at radius 3 is 2.63 bits per heavy atom. The summed E-state index contributed by atoms with van der Waals surface area (Å²) in [6.07, 6.45) is 0.589. The minimum atomic E-state index is -0.766. The molecule has 0 unspecified atom stereocenters. The van der Waals surface area contributed by atoms with Crippen LogP contribution in [0.4, 0.5) is 14.9 Å². The van der Waals surface area contributed by atoms with E-state index in [0.29, 0.717) is 45.2 Å². The highest BCUT2D eigenvalue weighted by Crippen LogP contribution is 2.61. The predicted octanol–water partition coefficient (Wildman–Crippen LogP) is 2.91. The number of aliphatic hydroxyl groups excluding tert-OH is 3. The average molecular weight is 493 g/mol. The normalized spacial score (nSPS) is 37.0. The molecule has 4 rings (SSSR count). The summed E-state index contributed by atoms with van der Waals surface area (Å²) in [5, 5.41) is 33.8. The van der Waals surface area contributed by atoms with Gasteiger partial charge in [0.15, 0.2) is 0 Å². The molecule has 1 aromatic carbocycles. The third kappa shape index (κ3) is 5.04. The number of hydrogen-bond acceptors (Lipinski definition) is 6. The molecular weight excluding hydrogens is 455 g/mol. The Morgan fingerprint density at radius 2 is 1.97 bits per heavy atom. The number of anilines is 1.